The van der Waals surface area contributed by atoms with E-state index in [-0.39, 0.29) is 5.54 Å². The largest absolute Gasteiger partial charge is 0.296 e. The van der Waals surface area contributed by atoms with Gasteiger partial charge in [-0.2, -0.15) is 0 Å². The molecule has 0 N–H and O–H groups in total. The Morgan fingerprint density at radius 3 is 2.60 bits per heavy atom. The number of hydrogen-bond acceptors (Lipinski definition) is 2. The maximum absolute atomic E-state index is 5.93. The lowest BCUT2D eigenvalue weighted by Gasteiger charge is -2.33. The van der Waals surface area contributed by atoms with Crippen LogP contribution in [-0.2, 0) is 6.54 Å². The fourth-order valence-corrected chi connectivity index (χ4v) is 1.50. The van der Waals surface area contributed by atoms with Crippen LogP contribution >= 0.6 is 11.6 Å². The van der Waals surface area contributed by atoms with Gasteiger partial charge in [-0.25, -0.2) is 0 Å². The number of aromatic nitrogens is 1. The zero-order valence-electron chi connectivity index (χ0n) is 9.92. The van der Waals surface area contributed by atoms with Crippen LogP contribution < -0.4 is 0 Å². The first-order valence-corrected chi connectivity index (χ1v) is 5.67. The topological polar surface area (TPSA) is 16.1 Å². The Hall–Kier alpha value is -0.600. The first-order valence-electron chi connectivity index (χ1n) is 5.13. The standard InChI is InChI=1S/C12H19ClN2/c1-10-5-11(7-14-6-10)8-15(4)12(2,3)9-13/h5-7H,8-9H2,1-4H3. The van der Waals surface area contributed by atoms with E-state index < -0.39 is 0 Å². The average molecular weight is 227 g/mol. The molecule has 0 atom stereocenters. The summed E-state index contributed by atoms with van der Waals surface area (Å²) in [5, 5.41) is 0. The lowest BCUT2D eigenvalue weighted by Crippen LogP contribution is -2.42. The van der Waals surface area contributed by atoms with Gasteiger partial charge in [0, 0.05) is 30.4 Å². The van der Waals surface area contributed by atoms with Crippen LogP contribution in [0.3, 0.4) is 0 Å². The highest BCUT2D eigenvalue weighted by Crippen LogP contribution is 2.17. The van der Waals surface area contributed by atoms with Crippen molar-refractivity contribution in [2.75, 3.05) is 12.9 Å². The summed E-state index contributed by atoms with van der Waals surface area (Å²) in [6.07, 6.45) is 3.78. The number of hydrogen-bond donors (Lipinski definition) is 0. The molecule has 0 spiro atoms. The average Bonchev–Trinajstić information content (AvgIpc) is 2.17. The summed E-state index contributed by atoms with van der Waals surface area (Å²) in [4.78, 5) is 6.43. The fourth-order valence-electron chi connectivity index (χ4n) is 1.29. The van der Waals surface area contributed by atoms with Crippen LogP contribution in [0.4, 0.5) is 0 Å². The zero-order valence-corrected chi connectivity index (χ0v) is 10.7. The molecule has 0 aromatic carbocycles. The van der Waals surface area contributed by atoms with E-state index in [0.29, 0.717) is 5.88 Å². The van der Waals surface area contributed by atoms with E-state index in [9.17, 15) is 0 Å². The second-order valence-electron chi connectivity index (χ2n) is 4.67. The number of aryl methyl sites for hydroxylation is 1. The number of pyridine rings is 1. The van der Waals surface area contributed by atoms with Gasteiger partial charge in [0.05, 0.1) is 0 Å². The molecule has 0 unspecified atom stereocenters. The normalized spacial score (nSPS) is 12.1. The second-order valence-corrected chi connectivity index (χ2v) is 4.94. The van der Waals surface area contributed by atoms with Gasteiger partial charge in [0.1, 0.15) is 0 Å². The van der Waals surface area contributed by atoms with Gasteiger partial charge in [-0.3, -0.25) is 9.88 Å². The van der Waals surface area contributed by atoms with Crippen LogP contribution in [0.15, 0.2) is 18.5 Å². The van der Waals surface area contributed by atoms with E-state index >= 15 is 0 Å². The molecule has 1 aromatic rings. The van der Waals surface area contributed by atoms with E-state index in [1.165, 1.54) is 11.1 Å². The molecular weight excluding hydrogens is 208 g/mol. The Kier molecular flexibility index (Phi) is 4.12. The Bertz CT molecular complexity index is 323. The molecule has 1 aromatic heterocycles. The predicted molar refractivity (Wildman–Crippen MR) is 65.2 cm³/mol. The lowest BCUT2D eigenvalue weighted by molar-refractivity contribution is 0.170. The lowest BCUT2D eigenvalue weighted by atomic mass is 10.1. The Labute approximate surface area is 97.3 Å². The van der Waals surface area contributed by atoms with Crippen LogP contribution in [0.2, 0.25) is 0 Å². The molecule has 0 bridgehead atoms. The first kappa shape index (κ1) is 12.5. The van der Waals surface area contributed by atoms with Crippen molar-refractivity contribution >= 4 is 11.6 Å². The molecule has 0 aliphatic rings. The van der Waals surface area contributed by atoms with Gasteiger partial charge < -0.3 is 0 Å². The third kappa shape index (κ3) is 3.47. The Balaban J connectivity index is 2.70. The molecule has 1 rings (SSSR count). The van der Waals surface area contributed by atoms with Crippen molar-refractivity contribution < 1.29 is 0 Å². The number of alkyl halides is 1. The highest BCUT2D eigenvalue weighted by molar-refractivity contribution is 6.18. The van der Waals surface area contributed by atoms with Crippen molar-refractivity contribution in [3.05, 3.63) is 29.6 Å². The minimum absolute atomic E-state index is 0.0191. The van der Waals surface area contributed by atoms with E-state index in [2.05, 4.69) is 43.8 Å². The summed E-state index contributed by atoms with van der Waals surface area (Å²) in [6, 6.07) is 2.16. The summed E-state index contributed by atoms with van der Waals surface area (Å²) in [5.41, 5.74) is 2.45. The highest BCUT2D eigenvalue weighted by atomic mass is 35.5. The number of halogens is 1. The quantitative estimate of drug-likeness (QED) is 0.734. The van der Waals surface area contributed by atoms with Crippen LogP contribution in [0.5, 0.6) is 0 Å². The van der Waals surface area contributed by atoms with Gasteiger partial charge in [0.15, 0.2) is 0 Å². The van der Waals surface area contributed by atoms with Crippen molar-refractivity contribution in [1.82, 2.24) is 9.88 Å². The molecular formula is C12H19ClN2. The number of rotatable bonds is 4. The van der Waals surface area contributed by atoms with Crippen LogP contribution in [0.25, 0.3) is 0 Å². The van der Waals surface area contributed by atoms with E-state index in [1.807, 2.05) is 12.4 Å². The van der Waals surface area contributed by atoms with Crippen molar-refractivity contribution in [3.63, 3.8) is 0 Å². The Morgan fingerprint density at radius 1 is 1.40 bits per heavy atom. The predicted octanol–water partition coefficient (Wildman–Crippen LogP) is 2.84. The SMILES string of the molecule is Cc1cncc(CN(C)C(C)(C)CCl)c1. The van der Waals surface area contributed by atoms with Crippen molar-refractivity contribution in [2.24, 2.45) is 0 Å². The fraction of sp³-hybridized carbons (Fsp3) is 0.583. The van der Waals surface area contributed by atoms with Crippen LogP contribution in [0, 0.1) is 6.92 Å². The molecule has 3 heteroatoms. The van der Waals surface area contributed by atoms with E-state index in [1.54, 1.807) is 0 Å². The smallest absolute Gasteiger partial charge is 0.0402 e. The van der Waals surface area contributed by atoms with Gasteiger partial charge in [-0.05, 0) is 38.9 Å². The monoisotopic (exact) mass is 226 g/mol. The molecule has 0 aliphatic heterocycles. The van der Waals surface area contributed by atoms with Crippen LogP contribution in [0.1, 0.15) is 25.0 Å². The molecule has 15 heavy (non-hydrogen) atoms. The maximum Gasteiger partial charge on any atom is 0.0402 e. The van der Waals surface area contributed by atoms with Gasteiger partial charge in [-0.15, -0.1) is 11.6 Å². The zero-order chi connectivity index (χ0) is 11.5. The maximum atomic E-state index is 5.93. The summed E-state index contributed by atoms with van der Waals surface area (Å²) in [7, 11) is 2.09. The first-order chi connectivity index (χ1) is 6.95. The molecule has 2 nitrogen and oxygen atoms in total. The van der Waals surface area contributed by atoms with Gasteiger partial charge in [0.2, 0.25) is 0 Å². The molecule has 0 saturated carbocycles. The van der Waals surface area contributed by atoms with Gasteiger partial charge >= 0.3 is 0 Å². The molecule has 1 heterocycles. The minimum Gasteiger partial charge on any atom is -0.296 e. The highest BCUT2D eigenvalue weighted by Gasteiger charge is 2.22. The minimum atomic E-state index is 0.0191. The molecule has 84 valence electrons. The Morgan fingerprint density at radius 2 is 2.07 bits per heavy atom. The molecule has 0 amide bonds. The third-order valence-corrected chi connectivity index (χ3v) is 3.37. The summed E-state index contributed by atoms with van der Waals surface area (Å²) < 4.78 is 0. The van der Waals surface area contributed by atoms with Crippen molar-refractivity contribution in [1.29, 1.82) is 0 Å². The van der Waals surface area contributed by atoms with Gasteiger partial charge in [-0.1, -0.05) is 6.07 Å². The summed E-state index contributed by atoms with van der Waals surface area (Å²) in [6.45, 7) is 7.23. The molecule has 0 aliphatic carbocycles. The summed E-state index contributed by atoms with van der Waals surface area (Å²) in [5.74, 6) is 0.628. The van der Waals surface area contributed by atoms with Gasteiger partial charge in [0.25, 0.3) is 0 Å². The van der Waals surface area contributed by atoms with E-state index in [4.69, 9.17) is 11.6 Å². The third-order valence-electron chi connectivity index (χ3n) is 2.71. The van der Waals surface area contributed by atoms with Crippen LogP contribution in [-0.4, -0.2) is 28.4 Å². The van der Waals surface area contributed by atoms with E-state index in [0.717, 1.165) is 6.54 Å². The van der Waals surface area contributed by atoms with Crippen molar-refractivity contribution in [2.45, 2.75) is 32.9 Å². The number of nitrogens with zero attached hydrogens (tertiary/aromatic N) is 2. The molecule has 0 fully saturated rings. The molecule has 0 radical (unpaired) electrons. The van der Waals surface area contributed by atoms with Crippen molar-refractivity contribution in [3.8, 4) is 0 Å². The second kappa shape index (κ2) is 4.95. The summed E-state index contributed by atoms with van der Waals surface area (Å²) >= 11 is 5.93. The molecule has 0 saturated heterocycles.